The van der Waals surface area contributed by atoms with Crippen molar-refractivity contribution in [2.24, 2.45) is 5.16 Å². The molecule has 2 aliphatic rings. The highest BCUT2D eigenvalue weighted by Gasteiger charge is 2.28. The molecule has 6 nitrogen and oxygen atoms in total. The van der Waals surface area contributed by atoms with Crippen molar-refractivity contribution in [1.82, 2.24) is 0 Å². The van der Waals surface area contributed by atoms with Crippen molar-refractivity contribution in [2.75, 3.05) is 16.8 Å². The number of nitrogens with one attached hydrogen (secondary N) is 1. The summed E-state index contributed by atoms with van der Waals surface area (Å²) < 4.78 is 0. The van der Waals surface area contributed by atoms with Gasteiger partial charge >= 0.3 is 0 Å². The zero-order valence-corrected chi connectivity index (χ0v) is 15.1. The molecule has 0 radical (unpaired) electrons. The van der Waals surface area contributed by atoms with Crippen LogP contribution in [0, 0.1) is 6.92 Å². The molecule has 2 aliphatic heterocycles. The van der Waals surface area contributed by atoms with Crippen LogP contribution in [0.15, 0.2) is 53.7 Å². The molecule has 27 heavy (non-hydrogen) atoms. The molecule has 0 spiro atoms. The predicted octanol–water partition coefficient (Wildman–Crippen LogP) is 3.58. The summed E-state index contributed by atoms with van der Waals surface area (Å²) in [6, 6.07) is 15.3. The van der Waals surface area contributed by atoms with Gasteiger partial charge in [0, 0.05) is 30.8 Å². The van der Waals surface area contributed by atoms with Crippen LogP contribution in [0.2, 0.25) is 0 Å². The van der Waals surface area contributed by atoms with E-state index in [4.69, 9.17) is 4.84 Å². The molecular formula is C21H21N3O3. The summed E-state index contributed by atoms with van der Waals surface area (Å²) in [6.45, 7) is 2.63. The Morgan fingerprint density at radius 1 is 1.19 bits per heavy atom. The second kappa shape index (κ2) is 7.23. The molecule has 1 saturated heterocycles. The predicted molar refractivity (Wildman–Crippen MR) is 104 cm³/mol. The summed E-state index contributed by atoms with van der Waals surface area (Å²) in [5.74, 6) is -0.151. The van der Waals surface area contributed by atoms with Crippen molar-refractivity contribution in [3.05, 3.63) is 59.7 Å². The highest BCUT2D eigenvalue weighted by atomic mass is 16.6. The molecule has 6 heteroatoms. The number of amides is 2. The fourth-order valence-corrected chi connectivity index (χ4v) is 3.51. The van der Waals surface area contributed by atoms with Crippen LogP contribution < -0.4 is 10.2 Å². The van der Waals surface area contributed by atoms with E-state index in [0.29, 0.717) is 24.2 Å². The topological polar surface area (TPSA) is 71.0 Å². The third-order valence-corrected chi connectivity index (χ3v) is 5.02. The molecule has 0 saturated carbocycles. The van der Waals surface area contributed by atoms with Crippen LogP contribution in [-0.4, -0.2) is 24.1 Å². The fourth-order valence-electron chi connectivity index (χ4n) is 3.51. The Kier molecular flexibility index (Phi) is 4.62. The minimum Gasteiger partial charge on any atom is -0.387 e. The number of oxime groups is 1. The molecule has 2 aromatic rings. The van der Waals surface area contributed by atoms with E-state index in [9.17, 15) is 9.59 Å². The van der Waals surface area contributed by atoms with E-state index in [1.165, 1.54) is 0 Å². The average Bonchev–Trinajstić information content (AvgIpc) is 3.34. The van der Waals surface area contributed by atoms with Crippen LogP contribution in [0.4, 0.5) is 11.4 Å². The Morgan fingerprint density at radius 3 is 2.74 bits per heavy atom. The van der Waals surface area contributed by atoms with Crippen molar-refractivity contribution in [1.29, 1.82) is 0 Å². The van der Waals surface area contributed by atoms with E-state index in [-0.39, 0.29) is 17.9 Å². The van der Waals surface area contributed by atoms with E-state index >= 15 is 0 Å². The van der Waals surface area contributed by atoms with Gasteiger partial charge < -0.3 is 15.1 Å². The fraction of sp³-hybridized carbons (Fsp3) is 0.286. The van der Waals surface area contributed by atoms with Crippen molar-refractivity contribution in [2.45, 2.75) is 32.3 Å². The molecule has 2 aromatic carbocycles. The molecule has 0 aliphatic carbocycles. The van der Waals surface area contributed by atoms with Crippen molar-refractivity contribution in [3.63, 3.8) is 0 Å². The van der Waals surface area contributed by atoms with Gasteiger partial charge in [0.15, 0.2) is 6.10 Å². The van der Waals surface area contributed by atoms with Crippen molar-refractivity contribution >= 4 is 28.9 Å². The highest BCUT2D eigenvalue weighted by Crippen LogP contribution is 2.31. The zero-order valence-electron chi connectivity index (χ0n) is 15.1. The first-order valence-corrected chi connectivity index (χ1v) is 9.12. The van der Waals surface area contributed by atoms with Gasteiger partial charge in [-0.2, -0.15) is 0 Å². The minimum atomic E-state index is -0.276. The van der Waals surface area contributed by atoms with Gasteiger partial charge in [-0.3, -0.25) is 9.59 Å². The van der Waals surface area contributed by atoms with Gasteiger partial charge in [-0.15, -0.1) is 0 Å². The number of nitrogens with zero attached hydrogens (tertiary/aromatic N) is 2. The SMILES string of the molecule is Cc1c(NC(=O)C2=NO[C@H](c3ccccc3)C2)cccc1N1CCCC1=O. The Bertz CT molecular complexity index is 908. The average molecular weight is 363 g/mol. The number of anilines is 2. The molecule has 0 aromatic heterocycles. The number of carbonyl (C=O) groups excluding carboxylic acids is 2. The first-order valence-electron chi connectivity index (χ1n) is 9.12. The summed E-state index contributed by atoms with van der Waals surface area (Å²) in [6.07, 6.45) is 1.63. The van der Waals surface area contributed by atoms with Gasteiger partial charge in [-0.1, -0.05) is 41.6 Å². The lowest BCUT2D eigenvalue weighted by molar-refractivity contribution is -0.117. The molecule has 0 bridgehead atoms. The molecule has 1 N–H and O–H groups in total. The highest BCUT2D eigenvalue weighted by molar-refractivity contribution is 6.43. The lowest BCUT2D eigenvalue weighted by Gasteiger charge is -2.20. The van der Waals surface area contributed by atoms with Gasteiger partial charge in [-0.05, 0) is 36.6 Å². The quantitative estimate of drug-likeness (QED) is 0.903. The lowest BCUT2D eigenvalue weighted by atomic mass is 10.0. The second-order valence-corrected chi connectivity index (χ2v) is 6.80. The molecule has 0 unspecified atom stereocenters. The van der Waals surface area contributed by atoms with Gasteiger partial charge in [0.2, 0.25) is 5.91 Å². The Hall–Kier alpha value is -3.15. The van der Waals surface area contributed by atoms with Crippen LogP contribution in [0.5, 0.6) is 0 Å². The maximum Gasteiger partial charge on any atom is 0.273 e. The van der Waals surface area contributed by atoms with Crippen molar-refractivity contribution < 1.29 is 14.4 Å². The monoisotopic (exact) mass is 363 g/mol. The van der Waals surface area contributed by atoms with Crippen molar-refractivity contribution in [3.8, 4) is 0 Å². The van der Waals surface area contributed by atoms with Crippen LogP contribution in [-0.2, 0) is 14.4 Å². The Morgan fingerprint density at radius 2 is 2.00 bits per heavy atom. The van der Waals surface area contributed by atoms with Crippen LogP contribution in [0.1, 0.15) is 36.5 Å². The molecule has 2 heterocycles. The second-order valence-electron chi connectivity index (χ2n) is 6.80. The molecule has 2 amide bonds. The normalized spacial score (nSPS) is 19.0. The summed E-state index contributed by atoms with van der Waals surface area (Å²) >= 11 is 0. The van der Waals surface area contributed by atoms with Gasteiger partial charge in [0.1, 0.15) is 5.71 Å². The summed E-state index contributed by atoms with van der Waals surface area (Å²) in [4.78, 5) is 31.9. The van der Waals surface area contributed by atoms with Crippen LogP contribution >= 0.6 is 0 Å². The van der Waals surface area contributed by atoms with Gasteiger partial charge in [0.25, 0.3) is 5.91 Å². The first-order chi connectivity index (χ1) is 13.1. The standard InChI is InChI=1S/C21H21N3O3/c1-14-16(9-5-10-18(14)24-12-6-11-20(24)25)22-21(26)17-13-19(27-23-17)15-7-3-2-4-8-15/h2-5,7-10,19H,6,11-13H2,1H3,(H,22,26)/t19-/m0/s1. The molecule has 138 valence electrons. The largest absolute Gasteiger partial charge is 0.387 e. The zero-order chi connectivity index (χ0) is 18.8. The smallest absolute Gasteiger partial charge is 0.273 e. The summed E-state index contributed by atoms with van der Waals surface area (Å²) in [5, 5.41) is 6.89. The Balaban J connectivity index is 1.47. The van der Waals surface area contributed by atoms with E-state index in [1.807, 2.05) is 55.5 Å². The first kappa shape index (κ1) is 17.3. The molecule has 1 fully saturated rings. The molecular weight excluding hydrogens is 342 g/mol. The van der Waals surface area contributed by atoms with E-state index in [1.54, 1.807) is 4.90 Å². The van der Waals surface area contributed by atoms with Gasteiger partial charge in [-0.25, -0.2) is 0 Å². The third kappa shape index (κ3) is 3.43. The van der Waals surface area contributed by atoms with E-state index < -0.39 is 0 Å². The van der Waals surface area contributed by atoms with E-state index in [2.05, 4.69) is 10.5 Å². The number of rotatable bonds is 4. The number of benzene rings is 2. The molecule has 4 rings (SSSR count). The summed E-state index contributed by atoms with van der Waals surface area (Å²) in [5.41, 5.74) is 3.77. The van der Waals surface area contributed by atoms with Gasteiger partial charge in [0.05, 0.1) is 0 Å². The number of carbonyl (C=O) groups is 2. The Labute approximate surface area is 157 Å². The number of hydrogen-bond acceptors (Lipinski definition) is 4. The number of hydrogen-bond donors (Lipinski definition) is 1. The minimum absolute atomic E-state index is 0.126. The third-order valence-electron chi connectivity index (χ3n) is 5.02. The van der Waals surface area contributed by atoms with Crippen LogP contribution in [0.3, 0.4) is 0 Å². The molecule has 1 atom stereocenters. The maximum atomic E-state index is 12.6. The van der Waals surface area contributed by atoms with Crippen LogP contribution in [0.25, 0.3) is 0 Å². The van der Waals surface area contributed by atoms with E-state index in [0.717, 1.165) is 29.8 Å². The lowest BCUT2D eigenvalue weighted by Crippen LogP contribution is -2.26. The summed E-state index contributed by atoms with van der Waals surface area (Å²) in [7, 11) is 0. The maximum absolute atomic E-state index is 12.6.